The Morgan fingerprint density at radius 1 is 1.39 bits per heavy atom. The first kappa shape index (κ1) is 15.5. The highest BCUT2D eigenvalue weighted by atomic mass is 16.5. The molecule has 5 nitrogen and oxygen atoms in total. The highest BCUT2D eigenvalue weighted by Crippen LogP contribution is 2.54. The van der Waals surface area contributed by atoms with Crippen molar-refractivity contribution in [3.8, 4) is 5.75 Å². The molecule has 0 spiro atoms. The minimum Gasteiger partial charge on any atom is -0.489 e. The Morgan fingerprint density at radius 2 is 2.13 bits per heavy atom. The summed E-state index contributed by atoms with van der Waals surface area (Å²) in [6.07, 6.45) is 3.03. The number of nitrogens with zero attached hydrogens (tertiary/aromatic N) is 2. The number of benzene rings is 1. The summed E-state index contributed by atoms with van der Waals surface area (Å²) in [4.78, 5) is 20.0. The van der Waals surface area contributed by atoms with Crippen LogP contribution < -0.4 is 4.74 Å². The largest absolute Gasteiger partial charge is 0.489 e. The highest BCUT2D eigenvalue weighted by molar-refractivity contribution is 5.77. The van der Waals surface area contributed by atoms with E-state index in [0.717, 1.165) is 17.7 Å². The summed E-state index contributed by atoms with van der Waals surface area (Å²) in [7, 11) is 0. The third-order valence-electron chi connectivity index (χ3n) is 4.49. The normalized spacial score (nSPS) is 22.6. The van der Waals surface area contributed by atoms with Crippen molar-refractivity contribution in [3.05, 3.63) is 53.6 Å². The first-order valence-corrected chi connectivity index (χ1v) is 7.80. The zero-order chi connectivity index (χ0) is 16.4. The third kappa shape index (κ3) is 2.91. The van der Waals surface area contributed by atoms with E-state index in [0.29, 0.717) is 24.6 Å². The van der Waals surface area contributed by atoms with E-state index in [1.54, 1.807) is 6.20 Å². The molecule has 3 rings (SSSR count). The second-order valence-electron chi connectivity index (χ2n) is 5.99. The van der Waals surface area contributed by atoms with Crippen molar-refractivity contribution in [1.29, 1.82) is 0 Å². The number of hydrogen-bond acceptors (Lipinski definition) is 4. The molecule has 0 bridgehead atoms. The summed E-state index contributed by atoms with van der Waals surface area (Å²) in [5.74, 6) is 0.181. The van der Waals surface area contributed by atoms with Crippen LogP contribution in [-0.2, 0) is 16.6 Å². The zero-order valence-electron chi connectivity index (χ0n) is 13.3. The van der Waals surface area contributed by atoms with Crippen LogP contribution in [0.15, 0.2) is 36.5 Å². The minimum atomic E-state index is -0.770. The third-order valence-corrected chi connectivity index (χ3v) is 4.49. The summed E-state index contributed by atoms with van der Waals surface area (Å²) < 4.78 is 5.96. The quantitative estimate of drug-likeness (QED) is 0.888. The molecule has 1 saturated carbocycles. The SMILES string of the molecule is CCc1nc(C)ncc1OC[C@@]1(c2ccccc2)C[C@H]1C(=O)O. The molecule has 1 N–H and O–H groups in total. The molecule has 0 unspecified atom stereocenters. The van der Waals surface area contributed by atoms with Gasteiger partial charge in [-0.3, -0.25) is 4.79 Å². The van der Waals surface area contributed by atoms with Crippen molar-refractivity contribution in [3.63, 3.8) is 0 Å². The van der Waals surface area contributed by atoms with Gasteiger partial charge < -0.3 is 9.84 Å². The molecular weight excluding hydrogens is 292 g/mol. The lowest BCUT2D eigenvalue weighted by Crippen LogP contribution is -2.24. The molecular formula is C18H20N2O3. The van der Waals surface area contributed by atoms with E-state index in [9.17, 15) is 9.90 Å². The molecule has 1 aromatic heterocycles. The molecule has 1 aliphatic carbocycles. The van der Waals surface area contributed by atoms with E-state index < -0.39 is 17.3 Å². The molecule has 1 aliphatic rings. The molecule has 1 aromatic carbocycles. The molecule has 2 aromatic rings. The fourth-order valence-corrected chi connectivity index (χ4v) is 3.05. The van der Waals surface area contributed by atoms with Crippen molar-refractivity contribution in [2.24, 2.45) is 5.92 Å². The Morgan fingerprint density at radius 3 is 2.74 bits per heavy atom. The fourth-order valence-electron chi connectivity index (χ4n) is 3.05. The zero-order valence-corrected chi connectivity index (χ0v) is 13.3. The van der Waals surface area contributed by atoms with Crippen molar-refractivity contribution in [2.75, 3.05) is 6.61 Å². The Kier molecular flexibility index (Phi) is 4.03. The van der Waals surface area contributed by atoms with Crippen LogP contribution in [0.5, 0.6) is 5.75 Å². The molecule has 0 saturated heterocycles. The highest BCUT2D eigenvalue weighted by Gasteiger charge is 2.60. The average molecular weight is 312 g/mol. The number of rotatable bonds is 6. The van der Waals surface area contributed by atoms with Crippen LogP contribution >= 0.6 is 0 Å². The lowest BCUT2D eigenvalue weighted by molar-refractivity contribution is -0.139. The van der Waals surface area contributed by atoms with Crippen LogP contribution in [0.4, 0.5) is 0 Å². The van der Waals surface area contributed by atoms with Crippen LogP contribution in [0.25, 0.3) is 0 Å². The van der Waals surface area contributed by atoms with Gasteiger partial charge >= 0.3 is 5.97 Å². The molecule has 0 aliphatic heterocycles. The van der Waals surface area contributed by atoms with Gasteiger partial charge in [-0.05, 0) is 25.3 Å². The lowest BCUT2D eigenvalue weighted by atomic mass is 9.94. The van der Waals surface area contributed by atoms with Crippen molar-refractivity contribution in [1.82, 2.24) is 9.97 Å². The van der Waals surface area contributed by atoms with Crippen molar-refractivity contribution >= 4 is 5.97 Å². The second kappa shape index (κ2) is 5.99. The molecule has 1 heterocycles. The van der Waals surface area contributed by atoms with Crippen molar-refractivity contribution < 1.29 is 14.6 Å². The number of carboxylic acids is 1. The van der Waals surface area contributed by atoms with Gasteiger partial charge in [-0.2, -0.15) is 0 Å². The molecule has 23 heavy (non-hydrogen) atoms. The van der Waals surface area contributed by atoms with Gasteiger partial charge in [0.1, 0.15) is 5.82 Å². The first-order chi connectivity index (χ1) is 11.1. The lowest BCUT2D eigenvalue weighted by Gasteiger charge is -2.19. The second-order valence-corrected chi connectivity index (χ2v) is 5.99. The smallest absolute Gasteiger partial charge is 0.307 e. The number of carboxylic acid groups (broad SMARTS) is 1. The van der Waals surface area contributed by atoms with Crippen LogP contribution in [0, 0.1) is 12.8 Å². The number of hydrogen-bond donors (Lipinski definition) is 1. The number of aromatic nitrogens is 2. The summed E-state index contributed by atoms with van der Waals surface area (Å²) in [6.45, 7) is 4.18. The van der Waals surface area contributed by atoms with Crippen molar-refractivity contribution in [2.45, 2.75) is 32.1 Å². The van der Waals surface area contributed by atoms with Gasteiger partial charge in [0.15, 0.2) is 5.75 Å². The molecule has 0 radical (unpaired) electrons. The molecule has 120 valence electrons. The minimum absolute atomic E-state index is 0.327. The van der Waals surface area contributed by atoms with E-state index in [-0.39, 0.29) is 0 Å². The average Bonchev–Trinajstić information content (AvgIpc) is 3.31. The van der Waals surface area contributed by atoms with Gasteiger partial charge in [0.05, 0.1) is 24.4 Å². The van der Waals surface area contributed by atoms with E-state index >= 15 is 0 Å². The molecule has 0 amide bonds. The van der Waals surface area contributed by atoms with Crippen LogP contribution in [-0.4, -0.2) is 27.7 Å². The topological polar surface area (TPSA) is 72.3 Å². The van der Waals surface area contributed by atoms with Gasteiger partial charge in [-0.15, -0.1) is 0 Å². The maximum Gasteiger partial charge on any atom is 0.307 e. The summed E-state index contributed by atoms with van der Waals surface area (Å²) in [5.41, 5.74) is 1.41. The van der Waals surface area contributed by atoms with Gasteiger partial charge in [-0.1, -0.05) is 37.3 Å². The maximum absolute atomic E-state index is 11.4. The molecule has 1 fully saturated rings. The Balaban J connectivity index is 1.83. The number of aryl methyl sites for hydroxylation is 2. The monoisotopic (exact) mass is 312 g/mol. The van der Waals surface area contributed by atoms with E-state index in [1.807, 2.05) is 44.2 Å². The van der Waals surface area contributed by atoms with Crippen LogP contribution in [0.3, 0.4) is 0 Å². The van der Waals surface area contributed by atoms with E-state index in [2.05, 4.69) is 9.97 Å². The van der Waals surface area contributed by atoms with Gasteiger partial charge in [0.2, 0.25) is 0 Å². The Hall–Kier alpha value is -2.43. The summed E-state index contributed by atoms with van der Waals surface area (Å²) in [6, 6.07) is 9.73. The van der Waals surface area contributed by atoms with Gasteiger partial charge in [-0.25, -0.2) is 9.97 Å². The maximum atomic E-state index is 11.4. The Labute approximate surface area is 135 Å². The number of ether oxygens (including phenoxy) is 1. The predicted molar refractivity (Wildman–Crippen MR) is 85.5 cm³/mol. The van der Waals surface area contributed by atoms with E-state index in [4.69, 9.17) is 4.74 Å². The molecule has 2 atom stereocenters. The predicted octanol–water partition coefficient (Wildman–Crippen LogP) is 2.77. The fraction of sp³-hybridized carbons (Fsp3) is 0.389. The standard InChI is InChI=1S/C18H20N2O3/c1-3-15-16(10-19-12(2)20-15)23-11-18(9-14(18)17(21)22)13-7-5-4-6-8-13/h4-8,10,14H,3,9,11H2,1-2H3,(H,21,22)/t14-,18+/m0/s1. The van der Waals surface area contributed by atoms with Crippen LogP contribution in [0.1, 0.15) is 30.4 Å². The number of carbonyl (C=O) groups is 1. The van der Waals surface area contributed by atoms with Gasteiger partial charge in [0.25, 0.3) is 0 Å². The number of aliphatic carboxylic acids is 1. The molecule has 5 heteroatoms. The van der Waals surface area contributed by atoms with Crippen LogP contribution in [0.2, 0.25) is 0 Å². The summed E-state index contributed by atoms with van der Waals surface area (Å²) in [5, 5.41) is 9.40. The summed E-state index contributed by atoms with van der Waals surface area (Å²) >= 11 is 0. The first-order valence-electron chi connectivity index (χ1n) is 7.80. The van der Waals surface area contributed by atoms with E-state index in [1.165, 1.54) is 0 Å². The Bertz CT molecular complexity index is 717. The van der Waals surface area contributed by atoms with Gasteiger partial charge in [0, 0.05) is 5.41 Å².